The standard InChI is InChI=1S/C23H20F6N2O3S/c1-21(2,3)13-33-17-9-6-15(12-18(17)34-23(27,28)29)31-11-10-30-19(20(31)32)35-16-7-4-14(5-8-16)22(24,25)26/h4-12H,13H2,1-3H3. The van der Waals surface area contributed by atoms with Crippen molar-refractivity contribution in [2.75, 3.05) is 6.61 Å². The van der Waals surface area contributed by atoms with Crippen molar-refractivity contribution in [3.8, 4) is 17.2 Å². The van der Waals surface area contributed by atoms with Gasteiger partial charge in [0.2, 0.25) is 0 Å². The van der Waals surface area contributed by atoms with Crippen molar-refractivity contribution in [3.05, 3.63) is 70.8 Å². The number of rotatable bonds is 6. The summed E-state index contributed by atoms with van der Waals surface area (Å²) in [6, 6.07) is 7.80. The molecule has 3 rings (SSSR count). The number of alkyl halides is 6. The fourth-order valence-corrected chi connectivity index (χ4v) is 3.55. The number of nitrogens with zero attached hydrogens (tertiary/aromatic N) is 2. The highest BCUT2D eigenvalue weighted by atomic mass is 32.2. The van der Waals surface area contributed by atoms with Crippen molar-refractivity contribution in [1.29, 1.82) is 0 Å². The molecule has 0 aliphatic heterocycles. The lowest BCUT2D eigenvalue weighted by Gasteiger charge is -2.21. The van der Waals surface area contributed by atoms with Crippen LogP contribution < -0.4 is 15.0 Å². The first-order valence-electron chi connectivity index (χ1n) is 10.1. The zero-order chi connectivity index (χ0) is 26.0. The second-order valence-corrected chi connectivity index (χ2v) is 9.62. The van der Waals surface area contributed by atoms with E-state index < -0.39 is 29.4 Å². The summed E-state index contributed by atoms with van der Waals surface area (Å²) in [4.78, 5) is 17.2. The Bertz CT molecular complexity index is 1230. The van der Waals surface area contributed by atoms with E-state index in [4.69, 9.17) is 4.74 Å². The van der Waals surface area contributed by atoms with Crippen LogP contribution in [0.4, 0.5) is 26.3 Å². The van der Waals surface area contributed by atoms with Crippen LogP contribution in [0.25, 0.3) is 5.69 Å². The van der Waals surface area contributed by atoms with Gasteiger partial charge >= 0.3 is 12.5 Å². The fraction of sp³-hybridized carbons (Fsp3) is 0.304. The SMILES string of the molecule is CC(C)(C)COc1ccc(-n2ccnc(Sc3ccc(C(F)(F)F)cc3)c2=O)cc1OC(F)(F)F. The Kier molecular flexibility index (Phi) is 7.44. The van der Waals surface area contributed by atoms with Crippen LogP contribution in [0.5, 0.6) is 11.5 Å². The smallest absolute Gasteiger partial charge is 0.489 e. The van der Waals surface area contributed by atoms with Crippen LogP contribution >= 0.6 is 11.8 Å². The molecular formula is C23H20F6N2O3S. The zero-order valence-corrected chi connectivity index (χ0v) is 19.5. The van der Waals surface area contributed by atoms with Crippen LogP contribution in [0.1, 0.15) is 26.3 Å². The summed E-state index contributed by atoms with van der Waals surface area (Å²) in [6.07, 6.45) is -6.99. The van der Waals surface area contributed by atoms with Gasteiger partial charge in [0.05, 0.1) is 17.9 Å². The summed E-state index contributed by atoms with van der Waals surface area (Å²) in [5.41, 5.74) is -1.81. The summed E-state index contributed by atoms with van der Waals surface area (Å²) in [6.45, 7) is 5.65. The molecule has 0 N–H and O–H groups in total. The van der Waals surface area contributed by atoms with Gasteiger partial charge in [-0.05, 0) is 41.8 Å². The molecule has 12 heteroatoms. The first-order chi connectivity index (χ1) is 16.1. The number of hydrogen-bond donors (Lipinski definition) is 0. The second-order valence-electron chi connectivity index (χ2n) is 8.56. The van der Waals surface area contributed by atoms with E-state index in [2.05, 4.69) is 9.72 Å². The minimum Gasteiger partial charge on any atom is -0.489 e. The largest absolute Gasteiger partial charge is 0.573 e. The highest BCUT2D eigenvalue weighted by Gasteiger charge is 2.33. The third-order valence-electron chi connectivity index (χ3n) is 4.30. The van der Waals surface area contributed by atoms with E-state index in [-0.39, 0.29) is 28.5 Å². The molecule has 1 aromatic heterocycles. The Morgan fingerprint density at radius 3 is 2.17 bits per heavy atom. The first-order valence-corrected chi connectivity index (χ1v) is 10.9. The van der Waals surface area contributed by atoms with E-state index in [1.54, 1.807) is 0 Å². The third kappa shape index (κ3) is 7.41. The van der Waals surface area contributed by atoms with E-state index in [0.29, 0.717) is 4.90 Å². The molecule has 0 aliphatic carbocycles. The maximum Gasteiger partial charge on any atom is 0.573 e. The summed E-state index contributed by atoms with van der Waals surface area (Å²) in [5.74, 6) is -0.776. The second kappa shape index (κ2) is 9.84. The molecule has 0 amide bonds. The lowest BCUT2D eigenvalue weighted by atomic mass is 9.99. The number of hydrogen-bond acceptors (Lipinski definition) is 5. The highest BCUT2D eigenvalue weighted by Crippen LogP contribution is 2.35. The number of aromatic nitrogens is 2. The third-order valence-corrected chi connectivity index (χ3v) is 5.28. The van der Waals surface area contributed by atoms with Gasteiger partial charge in [0.1, 0.15) is 0 Å². The van der Waals surface area contributed by atoms with Crippen molar-refractivity contribution in [2.45, 2.75) is 43.2 Å². The predicted molar refractivity (Wildman–Crippen MR) is 117 cm³/mol. The molecule has 5 nitrogen and oxygen atoms in total. The summed E-state index contributed by atoms with van der Waals surface area (Å²) < 4.78 is 87.9. The Morgan fingerprint density at radius 2 is 1.60 bits per heavy atom. The average molecular weight is 518 g/mol. The normalized spacial score (nSPS) is 12.5. The minimum atomic E-state index is -4.99. The Labute approximate surface area is 200 Å². The molecular weight excluding hydrogens is 498 g/mol. The quantitative estimate of drug-likeness (QED) is 0.339. The topological polar surface area (TPSA) is 53.4 Å². The van der Waals surface area contributed by atoms with Crippen LogP contribution in [0.3, 0.4) is 0 Å². The van der Waals surface area contributed by atoms with Gasteiger partial charge in [0.25, 0.3) is 5.56 Å². The molecule has 35 heavy (non-hydrogen) atoms. The molecule has 3 aromatic rings. The minimum absolute atomic E-state index is 0.0500. The van der Waals surface area contributed by atoms with Crippen molar-refractivity contribution in [2.24, 2.45) is 5.41 Å². The van der Waals surface area contributed by atoms with Gasteiger partial charge in [-0.3, -0.25) is 9.36 Å². The maximum absolute atomic E-state index is 13.0. The number of halogens is 6. The van der Waals surface area contributed by atoms with Crippen LogP contribution in [0.2, 0.25) is 0 Å². The first kappa shape index (κ1) is 26.5. The maximum atomic E-state index is 13.0. The van der Waals surface area contributed by atoms with Crippen molar-refractivity contribution >= 4 is 11.8 Å². The lowest BCUT2D eigenvalue weighted by Crippen LogP contribution is -2.22. The van der Waals surface area contributed by atoms with Gasteiger partial charge in [0, 0.05) is 23.4 Å². The van der Waals surface area contributed by atoms with E-state index in [9.17, 15) is 31.1 Å². The van der Waals surface area contributed by atoms with Gasteiger partial charge in [-0.1, -0.05) is 32.5 Å². The summed E-state index contributed by atoms with van der Waals surface area (Å²) in [5, 5.41) is -0.0846. The van der Waals surface area contributed by atoms with Gasteiger partial charge in [0.15, 0.2) is 16.5 Å². The van der Waals surface area contributed by atoms with Gasteiger partial charge in [-0.15, -0.1) is 13.2 Å². The van der Waals surface area contributed by atoms with Crippen LogP contribution in [-0.4, -0.2) is 22.5 Å². The molecule has 0 bridgehead atoms. The molecule has 0 saturated heterocycles. The van der Waals surface area contributed by atoms with Crippen LogP contribution in [-0.2, 0) is 6.18 Å². The number of ether oxygens (including phenoxy) is 2. The van der Waals surface area contributed by atoms with Crippen LogP contribution in [0.15, 0.2) is 69.6 Å². The number of benzene rings is 2. The van der Waals surface area contributed by atoms with Crippen molar-refractivity contribution in [3.63, 3.8) is 0 Å². The van der Waals surface area contributed by atoms with E-state index in [0.717, 1.165) is 34.5 Å². The van der Waals surface area contributed by atoms with E-state index >= 15 is 0 Å². The molecule has 0 aliphatic rings. The van der Waals surface area contributed by atoms with Gasteiger partial charge in [-0.25, -0.2) is 4.98 Å². The zero-order valence-electron chi connectivity index (χ0n) is 18.7. The molecule has 0 spiro atoms. The molecule has 0 saturated carbocycles. The summed E-state index contributed by atoms with van der Waals surface area (Å²) >= 11 is 0.823. The molecule has 2 aromatic carbocycles. The van der Waals surface area contributed by atoms with Gasteiger partial charge < -0.3 is 9.47 Å². The molecule has 0 atom stereocenters. The van der Waals surface area contributed by atoms with E-state index in [1.165, 1.54) is 36.7 Å². The van der Waals surface area contributed by atoms with Crippen LogP contribution in [0, 0.1) is 5.41 Å². The van der Waals surface area contributed by atoms with Gasteiger partial charge in [-0.2, -0.15) is 13.2 Å². The molecule has 1 heterocycles. The predicted octanol–water partition coefficient (Wildman–Crippen LogP) is 6.73. The molecule has 0 radical (unpaired) electrons. The molecule has 0 unspecified atom stereocenters. The highest BCUT2D eigenvalue weighted by molar-refractivity contribution is 7.99. The monoisotopic (exact) mass is 518 g/mol. The fourth-order valence-electron chi connectivity index (χ4n) is 2.76. The Hall–Kier alpha value is -3.15. The Morgan fingerprint density at radius 1 is 0.943 bits per heavy atom. The van der Waals surface area contributed by atoms with Crippen molar-refractivity contribution in [1.82, 2.24) is 9.55 Å². The van der Waals surface area contributed by atoms with Crippen molar-refractivity contribution < 1.29 is 35.8 Å². The lowest BCUT2D eigenvalue weighted by molar-refractivity contribution is -0.275. The molecule has 188 valence electrons. The average Bonchev–Trinajstić information content (AvgIpc) is 2.72. The summed E-state index contributed by atoms with van der Waals surface area (Å²) in [7, 11) is 0. The Balaban J connectivity index is 1.94. The van der Waals surface area contributed by atoms with E-state index in [1.807, 2.05) is 20.8 Å². The molecule has 0 fully saturated rings.